The molecule has 0 aliphatic heterocycles. The van der Waals surface area contributed by atoms with Crippen LogP contribution in [0, 0.1) is 12.8 Å². The van der Waals surface area contributed by atoms with Crippen LogP contribution in [0.5, 0.6) is 0 Å². The minimum atomic E-state index is 0.763. The molecule has 2 unspecified atom stereocenters. The van der Waals surface area contributed by atoms with Crippen LogP contribution < -0.4 is 0 Å². The van der Waals surface area contributed by atoms with Crippen molar-refractivity contribution in [3.05, 3.63) is 16.1 Å². The Bertz CT molecular complexity index is 284. The smallest absolute Gasteiger partial charge is 0.0930 e. The second kappa shape index (κ2) is 4.09. The molecule has 0 radical (unpaired) electrons. The predicted molar refractivity (Wildman–Crippen MR) is 60.6 cm³/mol. The van der Waals surface area contributed by atoms with Crippen LogP contribution in [-0.4, -0.2) is 9.81 Å². The minimum absolute atomic E-state index is 0.763. The van der Waals surface area contributed by atoms with Gasteiger partial charge in [-0.15, -0.1) is 11.3 Å². The quantitative estimate of drug-likeness (QED) is 0.741. The predicted octanol–water partition coefficient (Wildman–Crippen LogP) is 3.56. The lowest BCUT2D eigenvalue weighted by Gasteiger charge is -2.05. The number of aryl methyl sites for hydroxylation is 1. The highest BCUT2D eigenvalue weighted by atomic mass is 79.9. The van der Waals surface area contributed by atoms with Gasteiger partial charge in [0.15, 0.2) is 0 Å². The maximum atomic E-state index is 4.50. The molecule has 1 aliphatic carbocycles. The number of aromatic nitrogens is 1. The lowest BCUT2D eigenvalue weighted by atomic mass is 10.1. The molecule has 0 amide bonds. The Hall–Kier alpha value is 0.110. The molecule has 13 heavy (non-hydrogen) atoms. The van der Waals surface area contributed by atoms with Gasteiger partial charge in [0.25, 0.3) is 0 Å². The highest BCUT2D eigenvalue weighted by Crippen LogP contribution is 2.33. The third kappa shape index (κ3) is 2.53. The summed E-state index contributed by atoms with van der Waals surface area (Å²) in [7, 11) is 0. The van der Waals surface area contributed by atoms with Crippen LogP contribution in [-0.2, 0) is 6.42 Å². The zero-order valence-electron chi connectivity index (χ0n) is 7.79. The Morgan fingerprint density at radius 2 is 2.46 bits per heavy atom. The van der Waals surface area contributed by atoms with Gasteiger partial charge in [-0.1, -0.05) is 15.9 Å². The van der Waals surface area contributed by atoms with Gasteiger partial charge in [-0.2, -0.15) is 0 Å². The van der Waals surface area contributed by atoms with Gasteiger partial charge in [0, 0.05) is 22.3 Å². The number of hydrogen-bond donors (Lipinski definition) is 0. The average Bonchev–Trinajstić information content (AvgIpc) is 2.62. The summed E-state index contributed by atoms with van der Waals surface area (Å²) in [5, 5.41) is 3.47. The maximum Gasteiger partial charge on any atom is 0.0930 e. The molecule has 1 fully saturated rings. The summed E-state index contributed by atoms with van der Waals surface area (Å²) in [6.45, 7) is 2.07. The van der Waals surface area contributed by atoms with Gasteiger partial charge < -0.3 is 0 Å². The van der Waals surface area contributed by atoms with E-state index >= 15 is 0 Å². The Balaban J connectivity index is 1.91. The third-order valence-electron chi connectivity index (χ3n) is 2.61. The molecular formula is C10H14BrNS. The average molecular weight is 260 g/mol. The van der Waals surface area contributed by atoms with Gasteiger partial charge in [0.05, 0.1) is 5.01 Å². The van der Waals surface area contributed by atoms with Gasteiger partial charge in [0.2, 0.25) is 0 Å². The number of halogens is 1. The molecule has 0 N–H and O–H groups in total. The van der Waals surface area contributed by atoms with E-state index in [0.29, 0.717) is 0 Å². The van der Waals surface area contributed by atoms with Crippen molar-refractivity contribution in [1.29, 1.82) is 0 Å². The summed E-state index contributed by atoms with van der Waals surface area (Å²) in [5.74, 6) is 0.870. The molecule has 1 nitrogen and oxygen atoms in total. The van der Waals surface area contributed by atoms with Crippen LogP contribution in [0.2, 0.25) is 0 Å². The van der Waals surface area contributed by atoms with Gasteiger partial charge >= 0.3 is 0 Å². The molecule has 0 saturated heterocycles. The summed E-state index contributed by atoms with van der Waals surface area (Å²) in [4.78, 5) is 5.26. The number of rotatable bonds is 2. The van der Waals surface area contributed by atoms with Crippen LogP contribution in [0.15, 0.2) is 5.38 Å². The van der Waals surface area contributed by atoms with Crippen molar-refractivity contribution in [3.63, 3.8) is 0 Å². The van der Waals surface area contributed by atoms with E-state index in [1.165, 1.54) is 36.4 Å². The first-order valence-corrected chi connectivity index (χ1v) is 6.58. The summed E-state index contributed by atoms with van der Waals surface area (Å²) >= 11 is 5.49. The minimum Gasteiger partial charge on any atom is -0.247 e. The zero-order valence-corrected chi connectivity index (χ0v) is 10.2. The first-order chi connectivity index (χ1) is 6.24. The third-order valence-corrected chi connectivity index (χ3v) is 4.43. The Morgan fingerprint density at radius 3 is 3.00 bits per heavy atom. The number of alkyl halides is 1. The Morgan fingerprint density at radius 1 is 1.62 bits per heavy atom. The molecule has 2 atom stereocenters. The van der Waals surface area contributed by atoms with Crippen molar-refractivity contribution in [3.8, 4) is 0 Å². The highest BCUT2D eigenvalue weighted by molar-refractivity contribution is 9.09. The van der Waals surface area contributed by atoms with Crippen molar-refractivity contribution >= 4 is 27.3 Å². The van der Waals surface area contributed by atoms with Crippen LogP contribution in [0.3, 0.4) is 0 Å². The van der Waals surface area contributed by atoms with E-state index in [1.54, 1.807) is 0 Å². The number of thiazole rings is 1. The molecule has 1 heterocycles. The first kappa shape index (κ1) is 9.66. The summed E-state index contributed by atoms with van der Waals surface area (Å²) < 4.78 is 0. The molecule has 0 aromatic carbocycles. The van der Waals surface area contributed by atoms with Crippen molar-refractivity contribution in [2.24, 2.45) is 5.92 Å². The van der Waals surface area contributed by atoms with E-state index in [-0.39, 0.29) is 0 Å². The van der Waals surface area contributed by atoms with Gasteiger partial charge in [-0.05, 0) is 32.1 Å². The monoisotopic (exact) mass is 259 g/mol. The van der Waals surface area contributed by atoms with Gasteiger partial charge in [-0.3, -0.25) is 0 Å². The van der Waals surface area contributed by atoms with Crippen LogP contribution in [0.4, 0.5) is 0 Å². The SMILES string of the molecule is Cc1csc(CC2CCC(Br)C2)n1. The van der Waals surface area contributed by atoms with Crippen molar-refractivity contribution in [1.82, 2.24) is 4.98 Å². The molecule has 2 rings (SSSR count). The topological polar surface area (TPSA) is 12.9 Å². The zero-order chi connectivity index (χ0) is 9.26. The van der Waals surface area contributed by atoms with Crippen LogP contribution >= 0.6 is 27.3 Å². The summed E-state index contributed by atoms with van der Waals surface area (Å²) in [6.07, 6.45) is 5.24. The van der Waals surface area contributed by atoms with Gasteiger partial charge in [-0.25, -0.2) is 4.98 Å². The van der Waals surface area contributed by atoms with E-state index < -0.39 is 0 Å². The van der Waals surface area contributed by atoms with E-state index in [1.807, 2.05) is 11.3 Å². The Kier molecular flexibility index (Phi) is 3.04. The van der Waals surface area contributed by atoms with Crippen molar-refractivity contribution < 1.29 is 0 Å². The molecule has 1 aliphatic rings. The van der Waals surface area contributed by atoms with Crippen LogP contribution in [0.1, 0.15) is 30.0 Å². The summed E-state index contributed by atoms with van der Waals surface area (Å²) in [6, 6.07) is 0. The number of nitrogens with zero attached hydrogens (tertiary/aromatic N) is 1. The van der Waals surface area contributed by atoms with Crippen molar-refractivity contribution in [2.75, 3.05) is 0 Å². The molecular weight excluding hydrogens is 246 g/mol. The molecule has 1 aromatic rings. The Labute approximate surface area is 91.7 Å². The molecule has 0 bridgehead atoms. The fraction of sp³-hybridized carbons (Fsp3) is 0.700. The van der Waals surface area contributed by atoms with E-state index in [4.69, 9.17) is 0 Å². The largest absolute Gasteiger partial charge is 0.247 e. The molecule has 72 valence electrons. The molecule has 1 saturated carbocycles. The number of hydrogen-bond acceptors (Lipinski definition) is 2. The van der Waals surface area contributed by atoms with Crippen LogP contribution in [0.25, 0.3) is 0 Å². The maximum absolute atomic E-state index is 4.50. The molecule has 3 heteroatoms. The second-order valence-corrected chi connectivity index (χ2v) is 6.10. The molecule has 1 aromatic heterocycles. The second-order valence-electron chi connectivity index (χ2n) is 3.86. The standard InChI is InChI=1S/C10H14BrNS/c1-7-6-13-10(12-7)5-8-2-3-9(11)4-8/h6,8-9H,2-5H2,1H3. The van der Waals surface area contributed by atoms with Gasteiger partial charge in [0.1, 0.15) is 0 Å². The fourth-order valence-corrected chi connectivity index (χ4v) is 3.62. The normalized spacial score (nSPS) is 28.2. The van der Waals surface area contributed by atoms with E-state index in [0.717, 1.165) is 10.7 Å². The highest BCUT2D eigenvalue weighted by Gasteiger charge is 2.23. The first-order valence-electron chi connectivity index (χ1n) is 4.79. The van der Waals surface area contributed by atoms with Crippen molar-refractivity contribution in [2.45, 2.75) is 37.4 Å². The lowest BCUT2D eigenvalue weighted by molar-refractivity contribution is 0.546. The molecule has 0 spiro atoms. The van der Waals surface area contributed by atoms with E-state index in [9.17, 15) is 0 Å². The van der Waals surface area contributed by atoms with E-state index in [2.05, 4.69) is 33.2 Å². The summed E-state index contributed by atoms with van der Waals surface area (Å²) in [5.41, 5.74) is 1.17. The lowest BCUT2D eigenvalue weighted by Crippen LogP contribution is -1.99. The fourth-order valence-electron chi connectivity index (χ4n) is 1.94.